The molecule has 1 saturated carbocycles. The number of benzene rings is 1. The molecule has 1 N–H and O–H groups in total. The van der Waals surface area contributed by atoms with E-state index in [0.717, 1.165) is 17.7 Å². The van der Waals surface area contributed by atoms with Gasteiger partial charge in [0.25, 0.3) is 11.6 Å². The summed E-state index contributed by atoms with van der Waals surface area (Å²) in [5.41, 5.74) is -0.0846. The molecule has 0 radical (unpaired) electrons. The van der Waals surface area contributed by atoms with Crippen LogP contribution in [0.25, 0.3) is 0 Å². The van der Waals surface area contributed by atoms with Gasteiger partial charge in [-0.05, 0) is 31.2 Å². The van der Waals surface area contributed by atoms with Gasteiger partial charge in [0.1, 0.15) is 5.56 Å². The van der Waals surface area contributed by atoms with E-state index in [0.29, 0.717) is 0 Å². The molecule has 0 saturated heterocycles. The summed E-state index contributed by atoms with van der Waals surface area (Å²) in [5.74, 6) is -0.371. The first-order valence-corrected chi connectivity index (χ1v) is 7.55. The van der Waals surface area contributed by atoms with Crippen LogP contribution in [-0.2, 0) is 0 Å². The Kier molecular flexibility index (Phi) is 4.61. The number of carbonyl (C=O) groups is 1. The van der Waals surface area contributed by atoms with Crippen LogP contribution in [0.1, 0.15) is 23.2 Å². The molecule has 0 spiro atoms. The van der Waals surface area contributed by atoms with Crippen molar-refractivity contribution in [3.63, 3.8) is 0 Å². The Morgan fingerprint density at radius 2 is 2.25 bits per heavy atom. The molecule has 1 fully saturated rings. The van der Waals surface area contributed by atoms with Gasteiger partial charge in [-0.2, -0.15) is 0 Å². The van der Waals surface area contributed by atoms with Gasteiger partial charge in [0, 0.05) is 23.5 Å². The van der Waals surface area contributed by atoms with Crippen molar-refractivity contribution >= 4 is 23.4 Å². The van der Waals surface area contributed by atoms with Crippen LogP contribution in [0.3, 0.4) is 0 Å². The van der Waals surface area contributed by atoms with Gasteiger partial charge >= 0.3 is 0 Å². The van der Waals surface area contributed by atoms with Crippen molar-refractivity contribution in [3.8, 4) is 0 Å². The zero-order chi connectivity index (χ0) is 14.7. The Bertz CT molecular complexity index is 531. The maximum atomic E-state index is 12.5. The highest BCUT2D eigenvalue weighted by Gasteiger charge is 2.35. The van der Waals surface area contributed by atoms with Gasteiger partial charge < -0.3 is 10.0 Å². The van der Waals surface area contributed by atoms with Gasteiger partial charge in [-0.1, -0.05) is 0 Å². The van der Waals surface area contributed by atoms with Crippen LogP contribution in [0.5, 0.6) is 0 Å². The van der Waals surface area contributed by atoms with Crippen LogP contribution in [0.15, 0.2) is 23.1 Å². The van der Waals surface area contributed by atoms with Crippen LogP contribution in [0, 0.1) is 10.1 Å². The summed E-state index contributed by atoms with van der Waals surface area (Å²) >= 11 is 1.43. The molecule has 7 heteroatoms. The lowest BCUT2D eigenvalue weighted by Crippen LogP contribution is -2.35. The number of hydrogen-bond acceptors (Lipinski definition) is 5. The van der Waals surface area contributed by atoms with Crippen molar-refractivity contribution in [2.45, 2.75) is 23.8 Å². The summed E-state index contributed by atoms with van der Waals surface area (Å²) < 4.78 is 0. The zero-order valence-electron chi connectivity index (χ0n) is 11.1. The van der Waals surface area contributed by atoms with Gasteiger partial charge in [-0.15, -0.1) is 11.8 Å². The van der Waals surface area contributed by atoms with E-state index >= 15 is 0 Å². The Morgan fingerprint density at radius 3 is 2.75 bits per heavy atom. The molecule has 1 aromatic carbocycles. The van der Waals surface area contributed by atoms with E-state index in [9.17, 15) is 14.9 Å². The molecule has 0 heterocycles. The Morgan fingerprint density at radius 1 is 1.55 bits per heavy atom. The summed E-state index contributed by atoms with van der Waals surface area (Å²) in [6.07, 6.45) is 3.63. The van der Waals surface area contributed by atoms with E-state index in [2.05, 4.69) is 0 Å². The number of thioether (sulfide) groups is 1. The zero-order valence-corrected chi connectivity index (χ0v) is 11.9. The lowest BCUT2D eigenvalue weighted by atomic mass is 10.1. The van der Waals surface area contributed by atoms with Gasteiger partial charge in [0.15, 0.2) is 0 Å². The van der Waals surface area contributed by atoms with E-state index < -0.39 is 4.92 Å². The molecule has 108 valence electrons. The number of carbonyl (C=O) groups excluding carboxylic acids is 1. The summed E-state index contributed by atoms with van der Waals surface area (Å²) in [7, 11) is 0. The molecule has 1 amide bonds. The normalized spacial score (nSPS) is 14.1. The standard InChI is InChI=1S/C13H16N2O4S/c1-20-10-4-5-12(15(18)19)11(8-10)13(17)14(6-7-16)9-2-3-9/h4-5,8-9,16H,2-3,6-7H2,1H3. The number of nitro groups is 1. The molecule has 0 atom stereocenters. The fraction of sp³-hybridized carbons (Fsp3) is 0.462. The van der Waals surface area contributed by atoms with Crippen LogP contribution in [0.2, 0.25) is 0 Å². The maximum Gasteiger partial charge on any atom is 0.282 e. The summed E-state index contributed by atoms with van der Waals surface area (Å²) in [4.78, 5) is 25.4. The molecule has 0 aliphatic heterocycles. The predicted molar refractivity (Wildman–Crippen MR) is 76.0 cm³/mol. The number of nitrogens with zero attached hydrogens (tertiary/aromatic N) is 2. The fourth-order valence-corrected chi connectivity index (χ4v) is 2.51. The molecule has 0 bridgehead atoms. The average Bonchev–Trinajstić information content (AvgIpc) is 3.27. The van der Waals surface area contributed by atoms with E-state index in [1.807, 2.05) is 6.26 Å². The Balaban J connectivity index is 2.37. The molecule has 0 unspecified atom stereocenters. The van der Waals surface area contributed by atoms with Crippen LogP contribution in [0.4, 0.5) is 5.69 Å². The minimum absolute atomic E-state index is 0.0993. The lowest BCUT2D eigenvalue weighted by molar-refractivity contribution is -0.385. The number of nitro benzene ring substituents is 1. The van der Waals surface area contributed by atoms with Crippen molar-refractivity contribution in [3.05, 3.63) is 33.9 Å². The van der Waals surface area contributed by atoms with Crippen molar-refractivity contribution in [2.24, 2.45) is 0 Å². The highest BCUT2D eigenvalue weighted by Crippen LogP contribution is 2.31. The lowest BCUT2D eigenvalue weighted by Gasteiger charge is -2.21. The number of hydrogen-bond donors (Lipinski definition) is 1. The Labute approximate surface area is 120 Å². The summed E-state index contributed by atoms with van der Waals surface area (Å²) in [6.45, 7) is 0.0718. The molecule has 1 aromatic rings. The first-order chi connectivity index (χ1) is 9.58. The molecule has 6 nitrogen and oxygen atoms in total. The number of amides is 1. The largest absolute Gasteiger partial charge is 0.395 e. The number of aliphatic hydroxyl groups excluding tert-OH is 1. The van der Waals surface area contributed by atoms with Crippen LogP contribution >= 0.6 is 11.8 Å². The maximum absolute atomic E-state index is 12.5. The van der Waals surface area contributed by atoms with Gasteiger partial charge in [-0.25, -0.2) is 0 Å². The fourth-order valence-electron chi connectivity index (χ4n) is 2.07. The van der Waals surface area contributed by atoms with E-state index in [-0.39, 0.29) is 36.4 Å². The molecule has 1 aliphatic carbocycles. The van der Waals surface area contributed by atoms with Crippen molar-refractivity contribution < 1.29 is 14.8 Å². The minimum atomic E-state index is -0.540. The van der Waals surface area contributed by atoms with E-state index in [1.54, 1.807) is 12.1 Å². The second-order valence-corrected chi connectivity index (χ2v) is 5.47. The molecule has 0 aromatic heterocycles. The van der Waals surface area contributed by atoms with Crippen molar-refractivity contribution in [2.75, 3.05) is 19.4 Å². The van der Waals surface area contributed by atoms with E-state index in [4.69, 9.17) is 5.11 Å². The SMILES string of the molecule is CSc1ccc([N+](=O)[O-])c(C(=O)N(CCO)C2CC2)c1. The van der Waals surface area contributed by atoms with Gasteiger partial charge in [0.2, 0.25) is 0 Å². The third kappa shape index (κ3) is 3.10. The highest BCUT2D eigenvalue weighted by atomic mass is 32.2. The van der Waals surface area contributed by atoms with Crippen molar-refractivity contribution in [1.29, 1.82) is 0 Å². The average molecular weight is 296 g/mol. The first kappa shape index (κ1) is 14.8. The minimum Gasteiger partial charge on any atom is -0.395 e. The molecule has 2 rings (SSSR count). The first-order valence-electron chi connectivity index (χ1n) is 6.32. The Hall–Kier alpha value is -1.60. The summed E-state index contributed by atoms with van der Waals surface area (Å²) in [6, 6.07) is 4.65. The summed E-state index contributed by atoms with van der Waals surface area (Å²) in [5, 5.41) is 20.1. The molecular formula is C13H16N2O4S. The smallest absolute Gasteiger partial charge is 0.282 e. The van der Waals surface area contributed by atoms with Crippen LogP contribution in [-0.4, -0.2) is 46.3 Å². The number of aliphatic hydroxyl groups is 1. The topological polar surface area (TPSA) is 83.7 Å². The second-order valence-electron chi connectivity index (χ2n) is 4.59. The molecule has 1 aliphatic rings. The van der Waals surface area contributed by atoms with Gasteiger partial charge in [0.05, 0.1) is 11.5 Å². The molecular weight excluding hydrogens is 280 g/mol. The highest BCUT2D eigenvalue weighted by molar-refractivity contribution is 7.98. The van der Waals surface area contributed by atoms with Crippen molar-refractivity contribution in [1.82, 2.24) is 4.90 Å². The second kappa shape index (κ2) is 6.23. The third-order valence-corrected chi connectivity index (χ3v) is 3.95. The van der Waals surface area contributed by atoms with Crippen LogP contribution < -0.4 is 0 Å². The predicted octanol–water partition coefficient (Wildman–Crippen LogP) is 1.91. The molecule has 20 heavy (non-hydrogen) atoms. The van der Waals surface area contributed by atoms with Gasteiger partial charge in [-0.3, -0.25) is 14.9 Å². The number of rotatable bonds is 6. The van der Waals surface area contributed by atoms with E-state index in [1.165, 1.54) is 22.7 Å². The third-order valence-electron chi connectivity index (χ3n) is 3.22. The monoisotopic (exact) mass is 296 g/mol. The quantitative estimate of drug-likeness (QED) is 0.492.